The summed E-state index contributed by atoms with van der Waals surface area (Å²) in [7, 11) is 0. The second-order valence-corrected chi connectivity index (χ2v) is 7.21. The van der Waals surface area contributed by atoms with Crippen LogP contribution in [-0.4, -0.2) is 23.2 Å². The van der Waals surface area contributed by atoms with Crippen molar-refractivity contribution in [1.29, 1.82) is 10.5 Å². The van der Waals surface area contributed by atoms with Crippen molar-refractivity contribution in [2.75, 3.05) is 10.6 Å². The molecule has 5 rings (SSSR count). The summed E-state index contributed by atoms with van der Waals surface area (Å²) in [6.45, 7) is 0. The van der Waals surface area contributed by atoms with Crippen molar-refractivity contribution in [3.05, 3.63) is 47.5 Å². The number of ether oxygens (including phenoxy) is 4. The average Bonchev–Trinajstić information content (AvgIpc) is 3.10. The zero-order valence-corrected chi connectivity index (χ0v) is 19.6. The summed E-state index contributed by atoms with van der Waals surface area (Å²) in [5.74, 6) is -0.617. The number of halogens is 6. The van der Waals surface area contributed by atoms with Crippen molar-refractivity contribution in [3.63, 3.8) is 0 Å². The van der Waals surface area contributed by atoms with Crippen LogP contribution >= 0.6 is 31.9 Å². The smallest absolute Gasteiger partial charge is 0.395 e. The van der Waals surface area contributed by atoms with Gasteiger partial charge in [-0.25, -0.2) is 0 Å². The van der Waals surface area contributed by atoms with E-state index in [0.29, 0.717) is 5.56 Å². The minimum absolute atomic E-state index is 0.00307. The second kappa shape index (κ2) is 10.3. The molecule has 2 aromatic rings. The standard InChI is InChI=1S/C11H7F2NO2.C9H5F2NO2.C2H4Br2/c12-11(13)15-8-2-1-7(5-9(8)16-11)10(6-14)3-4-10;10-9(11)13-7-2-1-6(3-4-12)5-8(7)14-9;3-1-2-4/h1-2,5H,3-4H2;1-2,5H,3H2;1-2H2/i3D2,4D2;;1D2,2D2. The zero-order chi connectivity index (χ0) is 32.2. The summed E-state index contributed by atoms with van der Waals surface area (Å²) in [4.78, 5) is 0. The molecule has 34 heavy (non-hydrogen) atoms. The summed E-state index contributed by atoms with van der Waals surface area (Å²) in [6.07, 6.45) is -12.1. The predicted molar refractivity (Wildman–Crippen MR) is 119 cm³/mol. The van der Waals surface area contributed by atoms with Gasteiger partial charge in [0.25, 0.3) is 0 Å². The van der Waals surface area contributed by atoms with Gasteiger partial charge in [0.15, 0.2) is 23.0 Å². The SMILES string of the molecule is N#CCc1ccc2c(c1)OC(F)(F)O2.[2H]C([2H])(Br)C([2H])([2H])Br.[2H]C1([2H])C([2H])([2H])C1(C#N)c1ccc2c(c1)OC(F)(F)O2. The highest BCUT2D eigenvalue weighted by Crippen LogP contribution is 2.51. The number of benzene rings is 2. The Morgan fingerprint density at radius 1 is 0.853 bits per heavy atom. The maximum absolute atomic E-state index is 12.9. The Morgan fingerprint density at radius 3 is 1.82 bits per heavy atom. The molecule has 12 heteroatoms. The summed E-state index contributed by atoms with van der Waals surface area (Å²) in [6, 6.07) is 11.1. The number of rotatable bonds is 3. The van der Waals surface area contributed by atoms with Crippen molar-refractivity contribution in [2.45, 2.75) is 37.2 Å². The number of alkyl halides is 6. The molecule has 0 bridgehead atoms. The third kappa shape index (κ3) is 6.24. The molecule has 2 aromatic carbocycles. The van der Waals surface area contributed by atoms with Gasteiger partial charge in [-0.1, -0.05) is 44.0 Å². The maximum Gasteiger partial charge on any atom is 0.586 e. The number of nitriles is 2. The van der Waals surface area contributed by atoms with Crippen LogP contribution in [0.5, 0.6) is 23.0 Å². The van der Waals surface area contributed by atoms with E-state index in [0.717, 1.165) is 12.1 Å². The van der Waals surface area contributed by atoms with Gasteiger partial charge >= 0.3 is 12.6 Å². The van der Waals surface area contributed by atoms with Crippen LogP contribution in [0.15, 0.2) is 36.4 Å². The van der Waals surface area contributed by atoms with E-state index < -0.39 is 41.3 Å². The highest BCUT2D eigenvalue weighted by molar-refractivity contribution is 9.11. The van der Waals surface area contributed by atoms with E-state index in [4.69, 9.17) is 16.2 Å². The molecule has 2 heterocycles. The van der Waals surface area contributed by atoms with Crippen molar-refractivity contribution >= 4 is 31.9 Å². The van der Waals surface area contributed by atoms with E-state index >= 15 is 0 Å². The Bertz CT molecular complexity index is 1430. The molecule has 3 aliphatic rings. The fourth-order valence-electron chi connectivity index (χ4n) is 2.70. The molecule has 180 valence electrons. The minimum atomic E-state index is -3.82. The molecule has 0 atom stereocenters. The average molecular weight is 616 g/mol. The molecule has 1 aliphatic carbocycles. The Balaban J connectivity index is 0.000000192. The first-order valence-corrected chi connectivity index (χ1v) is 10.5. The molecule has 1 fully saturated rings. The number of hydrogen-bond acceptors (Lipinski definition) is 6. The topological polar surface area (TPSA) is 84.5 Å². The first-order valence-electron chi connectivity index (χ1n) is 12.9. The summed E-state index contributed by atoms with van der Waals surface area (Å²) < 4.78 is 125. The van der Waals surface area contributed by atoms with Crippen LogP contribution < -0.4 is 18.9 Å². The van der Waals surface area contributed by atoms with E-state index in [1.165, 1.54) is 18.2 Å². The lowest BCUT2D eigenvalue weighted by Crippen LogP contribution is -2.25. The van der Waals surface area contributed by atoms with Gasteiger partial charge in [-0.15, -0.1) is 17.6 Å². The molecular formula is C22H16Br2F4N2O4. The Morgan fingerprint density at radius 2 is 1.35 bits per heavy atom. The molecule has 0 radical (unpaired) electrons. The molecule has 6 nitrogen and oxygen atoms in total. The number of fused-ring (bicyclic) bond motifs is 2. The van der Waals surface area contributed by atoms with Crippen molar-refractivity contribution in [2.24, 2.45) is 0 Å². The molecule has 0 aromatic heterocycles. The van der Waals surface area contributed by atoms with Crippen LogP contribution in [0.4, 0.5) is 17.6 Å². The Kier molecular flexibility index (Phi) is 5.09. The third-order valence-corrected chi connectivity index (χ3v) is 5.09. The molecule has 0 unspecified atom stereocenters. The Hall–Kier alpha value is -2.70. The first-order chi connectivity index (χ1) is 18.9. The molecule has 0 amide bonds. The molecule has 0 N–H and O–H groups in total. The first kappa shape index (κ1) is 16.8. The van der Waals surface area contributed by atoms with Gasteiger partial charge in [-0.05, 0) is 48.1 Å². The van der Waals surface area contributed by atoms with Gasteiger partial charge in [0.05, 0.1) is 24.0 Å². The fourth-order valence-corrected chi connectivity index (χ4v) is 2.70. The quantitative estimate of drug-likeness (QED) is 0.293. The normalized spacial score (nSPS) is 25.5. The molecule has 2 aliphatic heterocycles. The van der Waals surface area contributed by atoms with E-state index in [-0.39, 0.29) is 35.0 Å². The van der Waals surface area contributed by atoms with Crippen LogP contribution in [0.1, 0.15) is 34.8 Å². The Labute approximate surface area is 220 Å². The molecule has 0 spiro atoms. The van der Waals surface area contributed by atoms with Gasteiger partial charge in [-0.2, -0.15) is 10.5 Å². The predicted octanol–water partition coefficient (Wildman–Crippen LogP) is 6.41. The fraction of sp³-hybridized carbons (Fsp3) is 0.364. The van der Waals surface area contributed by atoms with Crippen LogP contribution in [0.3, 0.4) is 0 Å². The zero-order valence-electron chi connectivity index (χ0n) is 24.5. The van der Waals surface area contributed by atoms with E-state index in [2.05, 4.69) is 50.8 Å². The van der Waals surface area contributed by atoms with Gasteiger partial charge in [0.2, 0.25) is 0 Å². The number of nitrogens with zero attached hydrogens (tertiary/aromatic N) is 2. The van der Waals surface area contributed by atoms with Gasteiger partial charge < -0.3 is 18.9 Å². The largest absolute Gasteiger partial charge is 0.586 e. The number of hydrogen-bond donors (Lipinski definition) is 0. The molecular weight excluding hydrogens is 592 g/mol. The van der Waals surface area contributed by atoms with E-state index in [1.807, 2.05) is 6.07 Å². The monoisotopic (exact) mass is 614 g/mol. The lowest BCUT2D eigenvalue weighted by molar-refractivity contribution is -0.287. The van der Waals surface area contributed by atoms with E-state index in [1.54, 1.807) is 12.1 Å². The summed E-state index contributed by atoms with van der Waals surface area (Å²) in [5, 5.41) is 13.6. The summed E-state index contributed by atoms with van der Waals surface area (Å²) >= 11 is 5.02. The molecule has 1 saturated carbocycles. The summed E-state index contributed by atoms with van der Waals surface area (Å²) in [5.41, 5.74) is -1.49. The van der Waals surface area contributed by atoms with Gasteiger partial charge in [-0.3, -0.25) is 0 Å². The lowest BCUT2D eigenvalue weighted by Gasteiger charge is -2.06. The van der Waals surface area contributed by atoms with Crippen molar-refractivity contribution < 1.29 is 47.5 Å². The van der Waals surface area contributed by atoms with Crippen LogP contribution in [-0.2, 0) is 11.8 Å². The van der Waals surface area contributed by atoms with E-state index in [9.17, 15) is 22.8 Å². The second-order valence-electron chi connectivity index (χ2n) is 6.41. The van der Waals surface area contributed by atoms with Crippen LogP contribution in [0.2, 0.25) is 0 Å². The van der Waals surface area contributed by atoms with Gasteiger partial charge in [0.1, 0.15) is 0 Å². The van der Waals surface area contributed by atoms with Gasteiger partial charge in [0, 0.05) is 21.5 Å². The van der Waals surface area contributed by atoms with Crippen molar-refractivity contribution in [3.8, 4) is 35.1 Å². The van der Waals surface area contributed by atoms with Crippen LogP contribution in [0.25, 0.3) is 0 Å². The maximum atomic E-state index is 12.9. The van der Waals surface area contributed by atoms with Crippen molar-refractivity contribution in [1.82, 2.24) is 0 Å². The third-order valence-electron chi connectivity index (χ3n) is 4.16. The highest BCUT2D eigenvalue weighted by Gasteiger charge is 2.48. The van der Waals surface area contributed by atoms with Crippen LogP contribution in [0, 0.1) is 22.7 Å². The molecule has 0 saturated heterocycles. The lowest BCUT2D eigenvalue weighted by atomic mass is 9.97. The minimum Gasteiger partial charge on any atom is -0.395 e. The highest BCUT2D eigenvalue weighted by atomic mass is 79.9.